The van der Waals surface area contributed by atoms with Crippen LogP contribution in [0.3, 0.4) is 0 Å². The average molecular weight is 1310 g/mol. The van der Waals surface area contributed by atoms with Gasteiger partial charge in [-0.2, -0.15) is 13.2 Å². The lowest BCUT2D eigenvalue weighted by Crippen LogP contribution is -2.38. The van der Waals surface area contributed by atoms with Gasteiger partial charge in [-0.15, -0.1) is 35.3 Å². The third kappa shape index (κ3) is 24.2. The molecule has 0 heterocycles. The SMILES string of the molecule is C=C(COc1ccc(C(C)C)cc1)CSc1ccc(OC(C)(C)C(=O)O)c(C)c1.C=C(COc1ccc(C(F)(F)F)c(F)c1)CSc1ccc(OC(C)(C)C(=O)O)c(C)c1.C=C(COc1ccc(Cl)c(Cl)c1)CSc1ccc(OC(C)(C)C(=O)O)c(C)c1. The van der Waals surface area contributed by atoms with Gasteiger partial charge in [-0.05, 0) is 198 Å². The van der Waals surface area contributed by atoms with Crippen LogP contribution < -0.4 is 28.4 Å². The molecule has 474 valence electrons. The zero-order chi connectivity index (χ0) is 65.9. The van der Waals surface area contributed by atoms with Crippen molar-refractivity contribution in [1.82, 2.24) is 0 Å². The van der Waals surface area contributed by atoms with E-state index in [-0.39, 0.29) is 12.4 Å². The number of carbonyl (C=O) groups is 3. The zero-order valence-electron chi connectivity index (χ0n) is 50.9. The van der Waals surface area contributed by atoms with Crippen LogP contribution in [0.4, 0.5) is 17.6 Å². The van der Waals surface area contributed by atoms with Gasteiger partial charge in [0.15, 0.2) is 16.8 Å². The van der Waals surface area contributed by atoms with E-state index in [1.54, 1.807) is 66.8 Å². The molecule has 3 N–H and O–H groups in total. The summed E-state index contributed by atoms with van der Waals surface area (Å²) >= 11 is 16.6. The van der Waals surface area contributed by atoms with Gasteiger partial charge in [-0.25, -0.2) is 18.8 Å². The van der Waals surface area contributed by atoms with E-state index < -0.39 is 52.3 Å². The first-order valence-electron chi connectivity index (χ1n) is 27.2. The van der Waals surface area contributed by atoms with Crippen LogP contribution in [-0.2, 0) is 20.6 Å². The summed E-state index contributed by atoms with van der Waals surface area (Å²) in [6.07, 6.45) is -4.76. The maximum absolute atomic E-state index is 13.6. The minimum atomic E-state index is -4.76. The molecular weight excluding hydrogens is 1240 g/mol. The molecule has 6 rings (SSSR count). The number of aryl methyl sites for hydroxylation is 3. The first-order valence-corrected chi connectivity index (χ1v) is 30.9. The largest absolute Gasteiger partial charge is 0.489 e. The molecule has 0 amide bonds. The number of halogens is 6. The molecule has 0 spiro atoms. The second kappa shape index (κ2) is 33.1. The number of carboxylic acid groups (broad SMARTS) is 3. The highest BCUT2D eigenvalue weighted by molar-refractivity contribution is 8.00. The third-order valence-electron chi connectivity index (χ3n) is 12.4. The van der Waals surface area contributed by atoms with Gasteiger partial charge in [0, 0.05) is 44.1 Å². The van der Waals surface area contributed by atoms with Crippen molar-refractivity contribution in [3.63, 3.8) is 0 Å². The van der Waals surface area contributed by atoms with Gasteiger partial charge in [-0.1, -0.05) is 68.9 Å². The van der Waals surface area contributed by atoms with Crippen molar-refractivity contribution < 1.29 is 75.7 Å². The molecule has 6 aromatic rings. The third-order valence-corrected chi connectivity index (χ3v) is 16.6. The lowest BCUT2D eigenvalue weighted by atomic mass is 10.0. The van der Waals surface area contributed by atoms with E-state index in [0.29, 0.717) is 81.4 Å². The van der Waals surface area contributed by atoms with Gasteiger partial charge in [0.25, 0.3) is 0 Å². The molecule has 0 saturated carbocycles. The maximum atomic E-state index is 13.6. The Labute approximate surface area is 535 Å². The normalized spacial score (nSPS) is 11.5. The maximum Gasteiger partial charge on any atom is 0.419 e. The highest BCUT2D eigenvalue weighted by Crippen LogP contribution is 2.36. The molecule has 0 radical (unpaired) electrons. The summed E-state index contributed by atoms with van der Waals surface area (Å²) in [5, 5.41) is 28.5. The fourth-order valence-electron chi connectivity index (χ4n) is 7.00. The van der Waals surface area contributed by atoms with Crippen LogP contribution in [0.5, 0.6) is 34.5 Å². The van der Waals surface area contributed by atoms with Gasteiger partial charge < -0.3 is 43.7 Å². The molecule has 0 aliphatic carbocycles. The fraction of sp³-hybridized carbons (Fsp3) is 0.328. The predicted octanol–water partition coefficient (Wildman–Crippen LogP) is 18.5. The summed E-state index contributed by atoms with van der Waals surface area (Å²) in [6.45, 7) is 31.9. The van der Waals surface area contributed by atoms with Crippen LogP contribution in [0.15, 0.2) is 166 Å². The van der Waals surface area contributed by atoms with E-state index in [9.17, 15) is 42.2 Å². The van der Waals surface area contributed by atoms with Crippen LogP contribution in [-0.4, -0.2) is 87.1 Å². The molecule has 0 aliphatic rings. The number of alkyl halides is 3. The highest BCUT2D eigenvalue weighted by atomic mass is 35.5. The first kappa shape index (κ1) is 73.6. The van der Waals surface area contributed by atoms with Gasteiger partial charge in [0.2, 0.25) is 0 Å². The van der Waals surface area contributed by atoms with Gasteiger partial charge in [0.1, 0.15) is 60.1 Å². The Balaban J connectivity index is 0.000000283. The van der Waals surface area contributed by atoms with Gasteiger partial charge in [-0.3, -0.25) is 0 Å². The van der Waals surface area contributed by atoms with Crippen molar-refractivity contribution in [3.8, 4) is 34.5 Å². The lowest BCUT2D eigenvalue weighted by molar-refractivity contribution is -0.152. The molecule has 0 aliphatic heterocycles. The van der Waals surface area contributed by atoms with E-state index in [0.717, 1.165) is 60.1 Å². The molecule has 12 nitrogen and oxygen atoms in total. The Kier molecular flexibility index (Phi) is 27.6. The molecule has 0 fully saturated rings. The van der Waals surface area contributed by atoms with E-state index in [1.807, 2.05) is 62.4 Å². The highest BCUT2D eigenvalue weighted by Gasteiger charge is 2.35. The van der Waals surface area contributed by atoms with Gasteiger partial charge in [0.05, 0.1) is 15.6 Å². The fourth-order valence-corrected chi connectivity index (χ4v) is 9.93. The topological polar surface area (TPSA) is 167 Å². The number of ether oxygens (including phenoxy) is 6. The predicted molar refractivity (Wildman–Crippen MR) is 345 cm³/mol. The summed E-state index contributed by atoms with van der Waals surface area (Å²) in [5.74, 6) is 0.974. The average Bonchev–Trinajstić information content (AvgIpc) is 3.03. The number of hydrogen-bond acceptors (Lipinski definition) is 12. The summed E-state index contributed by atoms with van der Waals surface area (Å²) in [7, 11) is 0. The van der Waals surface area contributed by atoms with Crippen molar-refractivity contribution in [3.05, 3.63) is 195 Å². The zero-order valence-corrected chi connectivity index (χ0v) is 54.9. The quantitative estimate of drug-likeness (QED) is 0.0241. The standard InChI is InChI=1S/C24H30O4S.C22H22F4O4S.C21H22Cl2O4S/c1-16(2)19-7-9-20(10-8-19)27-14-17(3)15-29-21-11-12-22(18(4)13-21)28-24(5,6)23(25)26;1-13(11-29-15-5-7-17(18(23)10-15)22(24,25)26)12-31-16-6-8-19(14(2)9-16)30-21(3,4)20(27)28;1-13(11-26-15-5-7-17(22)18(23)10-15)12-28-16-6-8-19(14(2)9-16)27-21(3,4)20(24)25/h7-13,16H,3,14-15H2,1-2,4-6H3,(H,25,26);5-10H,1,11-12H2,2-4H3,(H,27,28);5-10H,1,11-12H2,2-4H3,(H,24,25). The van der Waals surface area contributed by atoms with E-state index in [4.69, 9.17) is 56.7 Å². The van der Waals surface area contributed by atoms with Crippen LogP contribution >= 0.6 is 58.5 Å². The second-order valence-electron chi connectivity index (χ2n) is 22.0. The Morgan fingerprint density at radius 2 is 0.818 bits per heavy atom. The minimum Gasteiger partial charge on any atom is -0.489 e. The number of aliphatic carboxylic acids is 3. The van der Waals surface area contributed by atoms with Crippen molar-refractivity contribution in [2.45, 2.75) is 120 Å². The Hall–Kier alpha value is -6.90. The van der Waals surface area contributed by atoms with Crippen molar-refractivity contribution >= 4 is 76.4 Å². The Morgan fingerprint density at radius 1 is 0.489 bits per heavy atom. The molecule has 0 atom stereocenters. The summed E-state index contributed by atoms with van der Waals surface area (Å²) in [6, 6.07) is 32.4. The Morgan fingerprint density at radius 3 is 1.12 bits per heavy atom. The number of carboxylic acids is 3. The van der Waals surface area contributed by atoms with Crippen molar-refractivity contribution in [2.24, 2.45) is 0 Å². The number of rotatable bonds is 28. The second-order valence-corrected chi connectivity index (χ2v) is 25.9. The molecule has 0 bridgehead atoms. The van der Waals surface area contributed by atoms with Crippen LogP contribution in [0.25, 0.3) is 0 Å². The van der Waals surface area contributed by atoms with Gasteiger partial charge >= 0.3 is 24.1 Å². The smallest absolute Gasteiger partial charge is 0.419 e. The number of thioether (sulfide) groups is 3. The van der Waals surface area contributed by atoms with Crippen molar-refractivity contribution in [2.75, 3.05) is 37.1 Å². The van der Waals surface area contributed by atoms with Crippen LogP contribution in [0.1, 0.15) is 89.1 Å². The molecule has 21 heteroatoms. The Bertz CT molecular complexity index is 3420. The molecular formula is C67H74Cl2F4O12S3. The lowest BCUT2D eigenvalue weighted by Gasteiger charge is -2.23. The monoisotopic (exact) mass is 1310 g/mol. The van der Waals surface area contributed by atoms with E-state index in [2.05, 4.69) is 45.7 Å². The molecule has 0 aromatic heterocycles. The molecule has 0 saturated heterocycles. The summed E-state index contributed by atoms with van der Waals surface area (Å²) < 4.78 is 85.0. The van der Waals surface area contributed by atoms with E-state index >= 15 is 0 Å². The molecule has 88 heavy (non-hydrogen) atoms. The van der Waals surface area contributed by atoms with Crippen LogP contribution in [0.2, 0.25) is 10.0 Å². The first-order chi connectivity index (χ1) is 41.0. The summed E-state index contributed by atoms with van der Waals surface area (Å²) in [4.78, 5) is 36.7. The minimum absolute atomic E-state index is 0.0185. The van der Waals surface area contributed by atoms with E-state index in [1.165, 1.54) is 58.9 Å². The van der Waals surface area contributed by atoms with Crippen molar-refractivity contribution in [1.29, 1.82) is 0 Å². The summed E-state index contributed by atoms with van der Waals surface area (Å²) in [5.41, 5.74) is 1.14. The molecule has 0 unspecified atom stereocenters. The number of hydrogen-bond donors (Lipinski definition) is 3. The van der Waals surface area contributed by atoms with Crippen LogP contribution in [0, 0.1) is 26.6 Å². The number of benzene rings is 6. The molecule has 6 aromatic carbocycles.